The number of aryl methyl sites for hydroxylation is 2. The lowest BCUT2D eigenvalue weighted by molar-refractivity contribution is -0.119. The molecule has 2 aromatic rings. The third kappa shape index (κ3) is 6.91. The van der Waals surface area contributed by atoms with Crippen molar-refractivity contribution in [1.29, 1.82) is 0 Å². The van der Waals surface area contributed by atoms with E-state index in [1.165, 1.54) is 16.7 Å². The summed E-state index contributed by atoms with van der Waals surface area (Å²) in [7, 11) is 0. The number of carbonyl (C=O) groups is 1. The molecule has 0 aromatic heterocycles. The third-order valence-corrected chi connectivity index (χ3v) is 4.74. The van der Waals surface area contributed by atoms with Crippen molar-refractivity contribution in [1.82, 2.24) is 5.32 Å². The minimum atomic E-state index is 0.127. The van der Waals surface area contributed by atoms with Crippen molar-refractivity contribution in [2.45, 2.75) is 38.5 Å². The van der Waals surface area contributed by atoms with Crippen LogP contribution in [0.25, 0.3) is 0 Å². The van der Waals surface area contributed by atoms with Crippen LogP contribution in [0.1, 0.15) is 30.0 Å². The molecular weight excluding hydrogens is 302 g/mol. The molecule has 0 bridgehead atoms. The zero-order valence-electron chi connectivity index (χ0n) is 13.9. The van der Waals surface area contributed by atoms with E-state index in [2.05, 4.69) is 67.7 Å². The Morgan fingerprint density at radius 3 is 2.43 bits per heavy atom. The number of carbonyl (C=O) groups excluding carboxylic acids is 1. The van der Waals surface area contributed by atoms with Gasteiger partial charge in [-0.3, -0.25) is 4.79 Å². The van der Waals surface area contributed by atoms with E-state index in [9.17, 15) is 4.79 Å². The number of hydrogen-bond acceptors (Lipinski definition) is 2. The quantitative estimate of drug-likeness (QED) is 0.780. The Morgan fingerprint density at radius 1 is 1.04 bits per heavy atom. The average Bonchev–Trinajstić information content (AvgIpc) is 2.56. The summed E-state index contributed by atoms with van der Waals surface area (Å²) < 4.78 is 0. The van der Waals surface area contributed by atoms with Gasteiger partial charge in [0.25, 0.3) is 0 Å². The third-order valence-electron chi connectivity index (χ3n) is 3.74. The molecule has 0 radical (unpaired) electrons. The zero-order chi connectivity index (χ0) is 16.5. The first-order valence-corrected chi connectivity index (χ1v) is 9.25. The summed E-state index contributed by atoms with van der Waals surface area (Å²) >= 11 is 1.66. The van der Waals surface area contributed by atoms with Gasteiger partial charge in [0.1, 0.15) is 0 Å². The van der Waals surface area contributed by atoms with Crippen LogP contribution in [0.3, 0.4) is 0 Å². The Balaban J connectivity index is 1.63. The van der Waals surface area contributed by atoms with Crippen molar-refractivity contribution in [3.8, 4) is 0 Å². The van der Waals surface area contributed by atoms with E-state index in [0.29, 0.717) is 5.75 Å². The summed E-state index contributed by atoms with van der Waals surface area (Å²) in [6.45, 7) is 4.16. The SMILES string of the molecule is Cc1ccc(CSCC(=O)N[C@@H](C)CCc2ccccc2)cc1. The molecule has 23 heavy (non-hydrogen) atoms. The molecule has 1 N–H and O–H groups in total. The molecule has 2 rings (SSSR count). The number of benzene rings is 2. The number of nitrogens with one attached hydrogen (secondary N) is 1. The molecule has 2 nitrogen and oxygen atoms in total. The largest absolute Gasteiger partial charge is 0.353 e. The lowest BCUT2D eigenvalue weighted by Crippen LogP contribution is -2.34. The molecule has 0 fully saturated rings. The smallest absolute Gasteiger partial charge is 0.230 e. The van der Waals surface area contributed by atoms with Gasteiger partial charge < -0.3 is 5.32 Å². The highest BCUT2D eigenvalue weighted by molar-refractivity contribution is 7.99. The number of thioether (sulfide) groups is 1. The lowest BCUT2D eigenvalue weighted by Gasteiger charge is -2.13. The standard InChI is InChI=1S/C20H25NOS/c1-16-8-11-19(12-9-16)14-23-15-20(22)21-17(2)10-13-18-6-4-3-5-7-18/h3-9,11-12,17H,10,13-15H2,1-2H3,(H,21,22)/t17-/m0/s1. The van der Waals surface area contributed by atoms with Crippen molar-refractivity contribution >= 4 is 17.7 Å². The number of rotatable bonds is 8. The van der Waals surface area contributed by atoms with Crippen LogP contribution in [0.15, 0.2) is 54.6 Å². The van der Waals surface area contributed by atoms with Crippen molar-refractivity contribution < 1.29 is 4.79 Å². The van der Waals surface area contributed by atoms with Crippen LogP contribution in [-0.4, -0.2) is 17.7 Å². The monoisotopic (exact) mass is 327 g/mol. The van der Waals surface area contributed by atoms with Gasteiger partial charge in [-0.15, -0.1) is 11.8 Å². The van der Waals surface area contributed by atoms with E-state index < -0.39 is 0 Å². The van der Waals surface area contributed by atoms with E-state index in [4.69, 9.17) is 0 Å². The molecule has 0 aliphatic heterocycles. The molecular formula is C20H25NOS. The highest BCUT2D eigenvalue weighted by Crippen LogP contribution is 2.13. The number of hydrogen-bond donors (Lipinski definition) is 1. The molecule has 0 saturated carbocycles. The summed E-state index contributed by atoms with van der Waals surface area (Å²) in [6.07, 6.45) is 1.97. The van der Waals surface area contributed by atoms with Gasteiger partial charge in [-0.25, -0.2) is 0 Å². The number of amides is 1. The predicted octanol–water partition coefficient (Wildman–Crippen LogP) is 4.37. The second-order valence-electron chi connectivity index (χ2n) is 5.97. The van der Waals surface area contributed by atoms with Gasteiger partial charge in [-0.05, 0) is 37.8 Å². The molecule has 1 atom stereocenters. The Hall–Kier alpha value is -1.74. The summed E-state index contributed by atoms with van der Waals surface area (Å²) in [5.74, 6) is 1.53. The average molecular weight is 327 g/mol. The summed E-state index contributed by atoms with van der Waals surface area (Å²) in [6, 6.07) is 19.1. The molecule has 0 aliphatic carbocycles. The van der Waals surface area contributed by atoms with Gasteiger partial charge in [0.15, 0.2) is 0 Å². The first-order valence-electron chi connectivity index (χ1n) is 8.10. The molecule has 0 unspecified atom stereocenters. The maximum atomic E-state index is 12.0. The van der Waals surface area contributed by atoms with Gasteiger partial charge in [-0.2, -0.15) is 0 Å². The van der Waals surface area contributed by atoms with Gasteiger partial charge in [0, 0.05) is 11.8 Å². The fourth-order valence-electron chi connectivity index (χ4n) is 2.36. The molecule has 0 heterocycles. The summed E-state index contributed by atoms with van der Waals surface area (Å²) in [5.41, 5.74) is 3.86. The van der Waals surface area contributed by atoms with Crippen LogP contribution in [-0.2, 0) is 17.0 Å². The summed E-state index contributed by atoms with van der Waals surface area (Å²) in [4.78, 5) is 12.0. The second-order valence-corrected chi connectivity index (χ2v) is 6.96. The highest BCUT2D eigenvalue weighted by atomic mass is 32.2. The fraction of sp³-hybridized carbons (Fsp3) is 0.350. The van der Waals surface area contributed by atoms with E-state index in [1.54, 1.807) is 11.8 Å². The van der Waals surface area contributed by atoms with Crippen molar-refractivity contribution in [3.05, 3.63) is 71.3 Å². The van der Waals surface area contributed by atoms with Gasteiger partial charge in [0.2, 0.25) is 5.91 Å². The Kier molecular flexibility index (Phi) is 7.21. The molecule has 1 amide bonds. The topological polar surface area (TPSA) is 29.1 Å². The first kappa shape index (κ1) is 17.6. The van der Waals surface area contributed by atoms with Crippen LogP contribution in [0.5, 0.6) is 0 Å². The van der Waals surface area contributed by atoms with E-state index >= 15 is 0 Å². The first-order chi connectivity index (χ1) is 11.1. The fourth-order valence-corrected chi connectivity index (χ4v) is 3.16. The molecule has 0 aliphatic rings. The van der Waals surface area contributed by atoms with Crippen molar-refractivity contribution in [2.24, 2.45) is 0 Å². The minimum Gasteiger partial charge on any atom is -0.353 e. The van der Waals surface area contributed by atoms with Gasteiger partial charge in [0.05, 0.1) is 5.75 Å². The van der Waals surface area contributed by atoms with Crippen molar-refractivity contribution in [3.63, 3.8) is 0 Å². The second kappa shape index (κ2) is 9.41. The molecule has 3 heteroatoms. The normalized spacial score (nSPS) is 11.9. The van der Waals surface area contributed by atoms with E-state index in [-0.39, 0.29) is 11.9 Å². The van der Waals surface area contributed by atoms with Crippen molar-refractivity contribution in [2.75, 3.05) is 5.75 Å². The molecule has 2 aromatic carbocycles. The van der Waals surface area contributed by atoms with Crippen LogP contribution in [0, 0.1) is 6.92 Å². The van der Waals surface area contributed by atoms with Crippen LogP contribution in [0.4, 0.5) is 0 Å². The van der Waals surface area contributed by atoms with Crippen LogP contribution in [0.2, 0.25) is 0 Å². The van der Waals surface area contributed by atoms with Crippen LogP contribution >= 0.6 is 11.8 Å². The Bertz CT molecular complexity index is 595. The maximum absolute atomic E-state index is 12.0. The Labute approximate surface area is 143 Å². The van der Waals surface area contributed by atoms with E-state index in [1.807, 2.05) is 6.07 Å². The predicted molar refractivity (Wildman–Crippen MR) is 99.7 cm³/mol. The van der Waals surface area contributed by atoms with Gasteiger partial charge in [-0.1, -0.05) is 60.2 Å². The van der Waals surface area contributed by atoms with Gasteiger partial charge >= 0.3 is 0 Å². The highest BCUT2D eigenvalue weighted by Gasteiger charge is 2.07. The zero-order valence-corrected chi connectivity index (χ0v) is 14.7. The molecule has 0 spiro atoms. The molecule has 0 saturated heterocycles. The Morgan fingerprint density at radius 2 is 1.74 bits per heavy atom. The summed E-state index contributed by atoms with van der Waals surface area (Å²) in [5, 5.41) is 3.09. The minimum absolute atomic E-state index is 0.127. The van der Waals surface area contributed by atoms with E-state index in [0.717, 1.165) is 18.6 Å². The maximum Gasteiger partial charge on any atom is 0.230 e. The molecule has 122 valence electrons. The van der Waals surface area contributed by atoms with Crippen LogP contribution < -0.4 is 5.32 Å². The lowest BCUT2D eigenvalue weighted by atomic mass is 10.1.